The van der Waals surface area contributed by atoms with Crippen molar-refractivity contribution in [2.75, 3.05) is 36.4 Å². The minimum atomic E-state index is -4.36. The molecule has 6 rings (SSSR count). The van der Waals surface area contributed by atoms with E-state index in [1.165, 1.54) is 12.1 Å². The van der Waals surface area contributed by atoms with E-state index in [1.54, 1.807) is 24.3 Å². The number of anilines is 2. The number of piperazine rings is 1. The zero-order valence-corrected chi connectivity index (χ0v) is 23.7. The Morgan fingerprint density at radius 2 is 1.64 bits per heavy atom. The van der Waals surface area contributed by atoms with E-state index in [2.05, 4.69) is 25.8 Å². The van der Waals surface area contributed by atoms with Crippen LogP contribution in [0.25, 0.3) is 10.9 Å². The molecule has 1 aromatic heterocycles. The Morgan fingerprint density at radius 3 is 2.36 bits per heavy atom. The molecule has 2 N–H and O–H groups in total. The first-order valence-electron chi connectivity index (χ1n) is 14.3. The maximum Gasteiger partial charge on any atom is 0.416 e. The van der Waals surface area contributed by atoms with Crippen LogP contribution in [-0.4, -0.2) is 57.9 Å². The lowest BCUT2D eigenvalue weighted by Gasteiger charge is -2.36. The number of imide groups is 1. The van der Waals surface area contributed by atoms with Crippen LogP contribution in [0.4, 0.5) is 24.5 Å². The highest BCUT2D eigenvalue weighted by Gasteiger charge is 2.32. The second-order valence-electron chi connectivity index (χ2n) is 11.0. The molecule has 0 radical (unpaired) electrons. The van der Waals surface area contributed by atoms with Crippen molar-refractivity contribution in [1.29, 1.82) is 0 Å². The summed E-state index contributed by atoms with van der Waals surface area (Å²) in [5, 5.41) is 14.0. The number of carbonyl (C=O) groups is 2. The van der Waals surface area contributed by atoms with Crippen LogP contribution in [-0.2, 0) is 28.9 Å². The number of halogens is 3. The van der Waals surface area contributed by atoms with Crippen LogP contribution in [0.2, 0.25) is 0 Å². The Bertz CT molecular complexity index is 1750. The molecule has 0 spiro atoms. The van der Waals surface area contributed by atoms with Crippen LogP contribution >= 0.6 is 0 Å². The Hall–Kier alpha value is -4.78. The van der Waals surface area contributed by atoms with Crippen LogP contribution in [0, 0.1) is 0 Å². The van der Waals surface area contributed by atoms with E-state index in [4.69, 9.17) is 0 Å². The van der Waals surface area contributed by atoms with Gasteiger partial charge in [-0.15, -0.1) is 5.10 Å². The lowest BCUT2D eigenvalue weighted by atomic mass is 10.1. The molecule has 2 fully saturated rings. The van der Waals surface area contributed by atoms with E-state index in [1.807, 2.05) is 29.2 Å². The SMILES string of the molecule is O=C1CCC(n2nnc3cccc(NCc4ccc(CN5CCN(c6cccc(C(F)(F)F)c6)CC5)cc4)c3c2=O)C(=O)N1. The molecule has 1 atom stereocenters. The van der Waals surface area contributed by atoms with Gasteiger partial charge in [0.25, 0.3) is 11.5 Å². The van der Waals surface area contributed by atoms with E-state index in [-0.39, 0.29) is 18.7 Å². The number of carbonyl (C=O) groups excluding carboxylic acids is 2. The summed E-state index contributed by atoms with van der Waals surface area (Å²) >= 11 is 0. The number of fused-ring (bicyclic) bond motifs is 1. The second-order valence-corrected chi connectivity index (χ2v) is 11.0. The van der Waals surface area contributed by atoms with Gasteiger partial charge in [0.2, 0.25) is 5.91 Å². The number of piperidine rings is 1. The molecule has 2 aliphatic heterocycles. The number of hydrogen-bond acceptors (Lipinski definition) is 8. The molecular weight excluding hydrogens is 575 g/mol. The van der Waals surface area contributed by atoms with Crippen molar-refractivity contribution in [3.8, 4) is 0 Å². The predicted octanol–water partition coefficient (Wildman–Crippen LogP) is 3.72. The lowest BCUT2D eigenvalue weighted by Crippen LogP contribution is -2.46. The van der Waals surface area contributed by atoms with Gasteiger partial charge in [0.05, 0.1) is 10.9 Å². The third-order valence-corrected chi connectivity index (χ3v) is 8.04. The molecule has 2 aliphatic rings. The number of nitrogens with zero attached hydrogens (tertiary/aromatic N) is 5. The zero-order chi connectivity index (χ0) is 30.8. The zero-order valence-electron chi connectivity index (χ0n) is 23.7. The summed E-state index contributed by atoms with van der Waals surface area (Å²) < 4.78 is 40.4. The van der Waals surface area contributed by atoms with Gasteiger partial charge in [-0.2, -0.15) is 17.9 Å². The van der Waals surface area contributed by atoms with Crippen LogP contribution in [0.3, 0.4) is 0 Å². The Balaban J connectivity index is 1.07. The molecule has 0 saturated carbocycles. The fourth-order valence-corrected chi connectivity index (χ4v) is 5.63. The topological polar surface area (TPSA) is 112 Å². The Morgan fingerprint density at radius 1 is 0.909 bits per heavy atom. The van der Waals surface area contributed by atoms with E-state index < -0.39 is 29.2 Å². The molecule has 3 heterocycles. The average molecular weight is 606 g/mol. The van der Waals surface area contributed by atoms with Crippen molar-refractivity contribution in [2.45, 2.75) is 38.1 Å². The molecule has 0 bridgehead atoms. The van der Waals surface area contributed by atoms with Gasteiger partial charge in [0.1, 0.15) is 11.6 Å². The van der Waals surface area contributed by atoms with Gasteiger partial charge in [-0.1, -0.05) is 41.6 Å². The predicted molar refractivity (Wildman–Crippen MR) is 158 cm³/mol. The van der Waals surface area contributed by atoms with Crippen LogP contribution in [0.1, 0.15) is 35.6 Å². The van der Waals surface area contributed by atoms with Crippen LogP contribution in [0.5, 0.6) is 0 Å². The van der Waals surface area contributed by atoms with Gasteiger partial charge in [-0.05, 0) is 47.9 Å². The molecule has 3 aromatic carbocycles. The molecule has 10 nitrogen and oxygen atoms in total. The minimum Gasteiger partial charge on any atom is -0.380 e. The summed E-state index contributed by atoms with van der Waals surface area (Å²) in [5.41, 5.74) is 2.56. The Kier molecular flexibility index (Phi) is 8.04. The highest BCUT2D eigenvalue weighted by molar-refractivity contribution is 5.99. The maximum atomic E-state index is 13.4. The van der Waals surface area contributed by atoms with Gasteiger partial charge in [-0.25, -0.2) is 0 Å². The van der Waals surface area contributed by atoms with E-state index >= 15 is 0 Å². The van der Waals surface area contributed by atoms with Gasteiger partial charge in [-0.3, -0.25) is 24.6 Å². The molecule has 13 heteroatoms. The summed E-state index contributed by atoms with van der Waals surface area (Å²) in [4.78, 5) is 41.5. The number of alkyl halides is 3. The normalized spacial score (nSPS) is 18.0. The van der Waals surface area contributed by atoms with Crippen LogP contribution < -0.4 is 21.1 Å². The summed E-state index contributed by atoms with van der Waals surface area (Å²) in [7, 11) is 0. The first-order chi connectivity index (χ1) is 21.2. The average Bonchev–Trinajstić information content (AvgIpc) is 3.01. The number of rotatable bonds is 7. The first kappa shape index (κ1) is 29.3. The summed E-state index contributed by atoms with van der Waals surface area (Å²) in [6.45, 7) is 3.93. The molecular formula is C31H30F3N7O3. The van der Waals surface area contributed by atoms with Crippen molar-refractivity contribution in [3.05, 3.63) is 93.8 Å². The quantitative estimate of drug-likeness (QED) is 0.307. The molecule has 0 aliphatic carbocycles. The number of nitrogens with one attached hydrogen (secondary N) is 2. The van der Waals surface area contributed by atoms with E-state index in [0.29, 0.717) is 41.9 Å². The Labute approximate surface area is 250 Å². The van der Waals surface area contributed by atoms with Crippen molar-refractivity contribution in [2.24, 2.45) is 0 Å². The van der Waals surface area contributed by atoms with E-state index in [9.17, 15) is 27.6 Å². The largest absolute Gasteiger partial charge is 0.416 e. The van der Waals surface area contributed by atoms with Gasteiger partial charge < -0.3 is 10.2 Å². The number of amides is 2. The van der Waals surface area contributed by atoms with Crippen molar-refractivity contribution >= 4 is 34.1 Å². The van der Waals surface area contributed by atoms with E-state index in [0.717, 1.165) is 41.5 Å². The number of hydrogen-bond donors (Lipinski definition) is 2. The smallest absolute Gasteiger partial charge is 0.380 e. The highest BCUT2D eigenvalue weighted by Crippen LogP contribution is 2.32. The van der Waals surface area contributed by atoms with Gasteiger partial charge in [0, 0.05) is 57.1 Å². The van der Waals surface area contributed by atoms with Crippen molar-refractivity contribution in [3.63, 3.8) is 0 Å². The minimum absolute atomic E-state index is 0.120. The molecule has 228 valence electrons. The monoisotopic (exact) mass is 605 g/mol. The third-order valence-electron chi connectivity index (χ3n) is 8.04. The lowest BCUT2D eigenvalue weighted by molar-refractivity contribution is -0.138. The van der Waals surface area contributed by atoms with Gasteiger partial charge >= 0.3 is 6.18 Å². The summed E-state index contributed by atoms with van der Waals surface area (Å²) in [5.74, 6) is -0.946. The van der Waals surface area contributed by atoms with Crippen LogP contribution in [0.15, 0.2) is 71.5 Å². The summed E-state index contributed by atoms with van der Waals surface area (Å²) in [6.07, 6.45) is -4.06. The standard InChI is InChI=1S/C31H30F3N7O3/c32-31(33,34)22-3-1-4-23(17-22)40-15-13-39(14-16-40)19-21-9-7-20(8-10-21)18-35-24-5-2-6-25-28(24)30(44)41(38-37-25)26-11-12-27(42)36-29(26)43/h1-10,17,26,35H,11-16,18-19H2,(H,36,42,43). The fraction of sp³-hybridized carbons (Fsp3) is 0.323. The first-order valence-corrected chi connectivity index (χ1v) is 14.3. The van der Waals surface area contributed by atoms with Gasteiger partial charge in [0.15, 0.2) is 0 Å². The molecule has 2 saturated heterocycles. The molecule has 4 aromatic rings. The summed E-state index contributed by atoms with van der Waals surface area (Å²) in [6, 6.07) is 17.9. The van der Waals surface area contributed by atoms with Crippen molar-refractivity contribution in [1.82, 2.24) is 25.2 Å². The maximum absolute atomic E-state index is 13.4. The number of aromatic nitrogens is 3. The number of benzene rings is 3. The van der Waals surface area contributed by atoms with Crippen molar-refractivity contribution < 1.29 is 22.8 Å². The second kappa shape index (κ2) is 12.1. The highest BCUT2D eigenvalue weighted by atomic mass is 19.4. The molecule has 44 heavy (non-hydrogen) atoms. The molecule has 1 unspecified atom stereocenters. The fourth-order valence-electron chi connectivity index (χ4n) is 5.63. The third kappa shape index (κ3) is 6.27. The molecule has 2 amide bonds.